The molecule has 7 nitrogen and oxygen atoms in total. The molecular formula is C23H27N5O2. The summed E-state index contributed by atoms with van der Waals surface area (Å²) >= 11 is 0. The summed E-state index contributed by atoms with van der Waals surface area (Å²) in [6, 6.07) is 11.1. The van der Waals surface area contributed by atoms with Crippen LogP contribution in [-0.4, -0.2) is 50.7 Å². The van der Waals surface area contributed by atoms with Crippen LogP contribution in [0.4, 0.5) is 5.82 Å². The van der Waals surface area contributed by atoms with Gasteiger partial charge in [0.1, 0.15) is 11.6 Å². The molecule has 4 rings (SSSR count). The number of aromatic nitrogens is 3. The summed E-state index contributed by atoms with van der Waals surface area (Å²) in [6.45, 7) is 7.46. The second-order valence-electron chi connectivity index (χ2n) is 7.53. The summed E-state index contributed by atoms with van der Waals surface area (Å²) in [5.74, 6) is 1.01. The van der Waals surface area contributed by atoms with E-state index in [1.807, 2.05) is 44.2 Å². The maximum absolute atomic E-state index is 13.3. The van der Waals surface area contributed by atoms with Gasteiger partial charge >= 0.3 is 0 Å². The zero-order chi connectivity index (χ0) is 21.1. The molecule has 7 heteroatoms. The van der Waals surface area contributed by atoms with E-state index in [2.05, 4.69) is 19.8 Å². The number of piperazine rings is 1. The third-order valence-electron chi connectivity index (χ3n) is 5.79. The second kappa shape index (κ2) is 8.67. The van der Waals surface area contributed by atoms with Crippen molar-refractivity contribution in [1.82, 2.24) is 19.4 Å². The van der Waals surface area contributed by atoms with Gasteiger partial charge in [-0.15, -0.1) is 0 Å². The van der Waals surface area contributed by atoms with E-state index in [0.717, 1.165) is 43.3 Å². The number of pyridine rings is 3. The summed E-state index contributed by atoms with van der Waals surface area (Å²) in [5, 5.41) is 10.8. The van der Waals surface area contributed by atoms with Crippen molar-refractivity contribution in [2.45, 2.75) is 26.4 Å². The first kappa shape index (κ1) is 20.1. The van der Waals surface area contributed by atoms with Crippen molar-refractivity contribution in [2.75, 3.05) is 31.1 Å². The Labute approximate surface area is 176 Å². The van der Waals surface area contributed by atoms with E-state index in [-0.39, 0.29) is 17.4 Å². The molecule has 1 unspecified atom stereocenters. The average Bonchev–Trinajstić information content (AvgIpc) is 2.78. The van der Waals surface area contributed by atoms with Gasteiger partial charge in [0.05, 0.1) is 11.6 Å². The van der Waals surface area contributed by atoms with E-state index in [4.69, 9.17) is 0 Å². The van der Waals surface area contributed by atoms with Crippen molar-refractivity contribution >= 4 is 5.82 Å². The van der Waals surface area contributed by atoms with Crippen LogP contribution in [0.3, 0.4) is 0 Å². The third-order valence-corrected chi connectivity index (χ3v) is 5.79. The predicted molar refractivity (Wildman–Crippen MR) is 117 cm³/mol. The maximum Gasteiger partial charge on any atom is 0.259 e. The summed E-state index contributed by atoms with van der Waals surface area (Å²) in [4.78, 5) is 26.4. The normalized spacial score (nSPS) is 15.9. The topological polar surface area (TPSA) is 74.5 Å². The van der Waals surface area contributed by atoms with Gasteiger partial charge in [0.2, 0.25) is 0 Å². The lowest BCUT2D eigenvalue weighted by Gasteiger charge is -2.40. The molecule has 0 amide bonds. The second-order valence-corrected chi connectivity index (χ2v) is 7.53. The number of nitrogens with zero attached hydrogens (tertiary/aromatic N) is 5. The van der Waals surface area contributed by atoms with Crippen LogP contribution < -0.4 is 10.5 Å². The van der Waals surface area contributed by atoms with E-state index >= 15 is 0 Å². The average molecular weight is 406 g/mol. The molecule has 3 aromatic heterocycles. The SMILES string of the molecule is CCn1c(C)cc(O)c(C(c2ccncc2)N2CCN(c3ccccn3)CC2)c1=O. The quantitative estimate of drug-likeness (QED) is 0.703. The lowest BCUT2D eigenvalue weighted by atomic mass is 9.96. The zero-order valence-electron chi connectivity index (χ0n) is 17.4. The first-order chi connectivity index (χ1) is 14.6. The molecule has 0 aliphatic carbocycles. The van der Waals surface area contributed by atoms with Gasteiger partial charge in [-0.25, -0.2) is 4.98 Å². The minimum atomic E-state index is -0.329. The minimum Gasteiger partial charge on any atom is -0.507 e. The van der Waals surface area contributed by atoms with Crippen LogP contribution in [0.2, 0.25) is 0 Å². The van der Waals surface area contributed by atoms with E-state index < -0.39 is 0 Å². The van der Waals surface area contributed by atoms with Gasteiger partial charge in [0.25, 0.3) is 5.56 Å². The Hall–Kier alpha value is -3.19. The Morgan fingerprint density at radius 3 is 2.43 bits per heavy atom. The fourth-order valence-electron chi connectivity index (χ4n) is 4.27. The van der Waals surface area contributed by atoms with Crippen LogP contribution in [0, 0.1) is 6.92 Å². The molecule has 1 atom stereocenters. The van der Waals surface area contributed by atoms with Crippen LogP contribution in [0.15, 0.2) is 59.8 Å². The molecule has 1 aliphatic heterocycles. The lowest BCUT2D eigenvalue weighted by Crippen LogP contribution is -2.49. The molecule has 0 aromatic carbocycles. The highest BCUT2D eigenvalue weighted by Crippen LogP contribution is 2.33. The number of aromatic hydroxyl groups is 1. The molecule has 1 N–H and O–H groups in total. The Morgan fingerprint density at radius 1 is 1.07 bits per heavy atom. The fourth-order valence-corrected chi connectivity index (χ4v) is 4.27. The molecule has 3 aromatic rings. The standard InChI is InChI=1S/C23H27N5O2/c1-3-28-17(2)16-19(29)21(23(28)30)22(18-7-10-24-11-8-18)27-14-12-26(13-15-27)20-6-4-5-9-25-20/h4-11,16,22,29H,3,12-15H2,1-2H3. The lowest BCUT2D eigenvalue weighted by molar-refractivity contribution is 0.207. The van der Waals surface area contributed by atoms with Crippen molar-refractivity contribution in [2.24, 2.45) is 0 Å². The fraction of sp³-hybridized carbons (Fsp3) is 0.348. The van der Waals surface area contributed by atoms with Crippen LogP contribution in [0.5, 0.6) is 5.75 Å². The number of hydrogen-bond acceptors (Lipinski definition) is 6. The van der Waals surface area contributed by atoms with E-state index in [1.165, 1.54) is 0 Å². The van der Waals surface area contributed by atoms with Gasteiger partial charge in [-0.1, -0.05) is 6.07 Å². The number of aryl methyl sites for hydroxylation is 1. The molecule has 30 heavy (non-hydrogen) atoms. The van der Waals surface area contributed by atoms with Gasteiger partial charge in [-0.2, -0.15) is 0 Å². The Kier molecular flexibility index (Phi) is 5.81. The molecule has 0 radical (unpaired) electrons. The van der Waals surface area contributed by atoms with Gasteiger partial charge in [0, 0.05) is 57.0 Å². The number of anilines is 1. The van der Waals surface area contributed by atoms with Gasteiger partial charge in [-0.05, 0) is 49.7 Å². The van der Waals surface area contributed by atoms with Crippen LogP contribution in [0.1, 0.15) is 29.8 Å². The summed E-state index contributed by atoms with van der Waals surface area (Å²) in [6.07, 6.45) is 5.27. The molecule has 0 spiro atoms. The van der Waals surface area contributed by atoms with E-state index in [0.29, 0.717) is 12.1 Å². The largest absolute Gasteiger partial charge is 0.507 e. The van der Waals surface area contributed by atoms with Crippen molar-refractivity contribution in [3.8, 4) is 5.75 Å². The van der Waals surface area contributed by atoms with Crippen molar-refractivity contribution in [3.63, 3.8) is 0 Å². The van der Waals surface area contributed by atoms with E-state index in [1.54, 1.807) is 29.2 Å². The smallest absolute Gasteiger partial charge is 0.259 e. The van der Waals surface area contributed by atoms with Gasteiger partial charge < -0.3 is 14.6 Å². The Balaban J connectivity index is 1.71. The molecule has 1 saturated heterocycles. The minimum absolute atomic E-state index is 0.0520. The predicted octanol–water partition coefficient (Wildman–Crippen LogP) is 2.58. The maximum atomic E-state index is 13.3. The molecule has 156 valence electrons. The third kappa shape index (κ3) is 3.80. The van der Waals surface area contributed by atoms with Crippen LogP contribution in [0.25, 0.3) is 0 Å². The van der Waals surface area contributed by atoms with Crippen LogP contribution in [-0.2, 0) is 6.54 Å². The van der Waals surface area contributed by atoms with Gasteiger partial charge in [-0.3, -0.25) is 14.7 Å². The first-order valence-electron chi connectivity index (χ1n) is 10.3. The molecule has 0 saturated carbocycles. The monoisotopic (exact) mass is 405 g/mol. The van der Waals surface area contributed by atoms with E-state index in [9.17, 15) is 9.90 Å². The Morgan fingerprint density at radius 2 is 1.80 bits per heavy atom. The highest BCUT2D eigenvalue weighted by Gasteiger charge is 2.31. The van der Waals surface area contributed by atoms with Crippen molar-refractivity contribution in [3.05, 3.63) is 82.2 Å². The molecule has 4 heterocycles. The van der Waals surface area contributed by atoms with Crippen molar-refractivity contribution in [1.29, 1.82) is 0 Å². The molecule has 0 bridgehead atoms. The molecular weight excluding hydrogens is 378 g/mol. The number of hydrogen-bond donors (Lipinski definition) is 1. The molecule has 1 aliphatic rings. The highest BCUT2D eigenvalue weighted by molar-refractivity contribution is 5.42. The molecule has 1 fully saturated rings. The first-order valence-corrected chi connectivity index (χ1v) is 10.3. The summed E-state index contributed by atoms with van der Waals surface area (Å²) in [5.41, 5.74) is 2.01. The Bertz CT molecular complexity index is 1040. The van der Waals surface area contributed by atoms with Crippen LogP contribution >= 0.6 is 0 Å². The summed E-state index contributed by atoms with van der Waals surface area (Å²) in [7, 11) is 0. The van der Waals surface area contributed by atoms with Gasteiger partial charge in [0.15, 0.2) is 0 Å². The van der Waals surface area contributed by atoms with Crippen molar-refractivity contribution < 1.29 is 5.11 Å². The highest BCUT2D eigenvalue weighted by atomic mass is 16.3. The zero-order valence-corrected chi connectivity index (χ0v) is 17.4. The number of rotatable bonds is 5. The summed E-state index contributed by atoms with van der Waals surface area (Å²) < 4.78 is 1.72.